The molecule has 0 atom stereocenters. The van der Waals surface area contributed by atoms with Gasteiger partial charge in [0, 0.05) is 11.1 Å². The van der Waals surface area contributed by atoms with Gasteiger partial charge in [-0.05, 0) is 23.8 Å². The predicted molar refractivity (Wildman–Crippen MR) is 85.8 cm³/mol. The smallest absolute Gasteiger partial charge is 0.272 e. The van der Waals surface area contributed by atoms with Crippen LogP contribution in [-0.2, 0) is 16.2 Å². The lowest BCUT2D eigenvalue weighted by molar-refractivity contribution is -0.140. The molecule has 3 aromatic rings. The highest BCUT2D eigenvalue weighted by molar-refractivity contribution is 7.89. The number of hydrogen-bond acceptors (Lipinski definition) is 3. The highest BCUT2D eigenvalue weighted by atomic mass is 32.2. The minimum absolute atomic E-state index is 0.106. The fraction of sp³-hybridized carbons (Fsp3) is 0.0625. The van der Waals surface area contributed by atoms with Crippen LogP contribution in [0, 0.1) is 5.82 Å². The summed E-state index contributed by atoms with van der Waals surface area (Å²) in [5.41, 5.74) is -2.21. The van der Waals surface area contributed by atoms with Crippen molar-refractivity contribution >= 4 is 10.0 Å². The summed E-state index contributed by atoms with van der Waals surface area (Å²) in [7, 11) is -4.22. The zero-order chi connectivity index (χ0) is 19.1. The van der Waals surface area contributed by atoms with Crippen LogP contribution in [-0.4, -0.2) is 18.6 Å². The molecule has 0 saturated heterocycles. The van der Waals surface area contributed by atoms with E-state index in [0.717, 1.165) is 18.2 Å². The second kappa shape index (κ2) is 6.22. The molecule has 0 aliphatic rings. The number of aromatic nitrogens is 2. The van der Waals surface area contributed by atoms with Gasteiger partial charge in [-0.25, -0.2) is 17.9 Å². The first-order chi connectivity index (χ1) is 12.1. The van der Waals surface area contributed by atoms with E-state index < -0.39 is 38.2 Å². The van der Waals surface area contributed by atoms with E-state index in [1.54, 1.807) is 0 Å². The maximum absolute atomic E-state index is 13.6. The molecular weight excluding hydrogens is 374 g/mol. The van der Waals surface area contributed by atoms with E-state index in [4.69, 9.17) is 5.14 Å². The van der Waals surface area contributed by atoms with Gasteiger partial charge in [0.15, 0.2) is 0 Å². The number of halogens is 4. The van der Waals surface area contributed by atoms with E-state index >= 15 is 0 Å². The van der Waals surface area contributed by atoms with Crippen molar-refractivity contribution in [2.24, 2.45) is 5.14 Å². The lowest BCUT2D eigenvalue weighted by Crippen LogP contribution is -2.13. The molecule has 0 radical (unpaired) electrons. The normalized spacial score (nSPS) is 12.3. The minimum atomic E-state index is -4.82. The van der Waals surface area contributed by atoms with Crippen LogP contribution in [0.3, 0.4) is 0 Å². The third kappa shape index (κ3) is 3.33. The second-order valence-electron chi connectivity index (χ2n) is 5.37. The van der Waals surface area contributed by atoms with Crippen molar-refractivity contribution in [2.45, 2.75) is 11.1 Å². The number of sulfonamides is 1. The summed E-state index contributed by atoms with van der Waals surface area (Å²) in [6, 6.07) is 9.74. The quantitative estimate of drug-likeness (QED) is 0.676. The Hall–Kier alpha value is -2.72. The van der Waals surface area contributed by atoms with Gasteiger partial charge in [0.1, 0.15) is 17.2 Å². The first-order valence-corrected chi connectivity index (χ1v) is 8.67. The molecule has 0 amide bonds. The third-order valence-electron chi connectivity index (χ3n) is 3.61. The number of alkyl halides is 3. The number of aromatic amines is 1. The van der Waals surface area contributed by atoms with Crippen LogP contribution in [0.15, 0.2) is 53.4 Å². The molecule has 0 saturated carbocycles. The number of nitrogens with one attached hydrogen (secondary N) is 1. The van der Waals surface area contributed by atoms with Crippen molar-refractivity contribution in [3.05, 3.63) is 60.0 Å². The first-order valence-electron chi connectivity index (χ1n) is 7.13. The number of rotatable bonds is 3. The molecule has 26 heavy (non-hydrogen) atoms. The van der Waals surface area contributed by atoms with Crippen molar-refractivity contribution in [1.29, 1.82) is 0 Å². The Morgan fingerprint density at radius 2 is 1.73 bits per heavy atom. The molecule has 1 aromatic heterocycles. The van der Waals surface area contributed by atoms with E-state index in [1.807, 2.05) is 5.10 Å². The Bertz CT molecular complexity index is 1080. The molecule has 1 heterocycles. The zero-order valence-electron chi connectivity index (χ0n) is 12.9. The number of H-pyrrole nitrogens is 1. The Morgan fingerprint density at radius 1 is 1.04 bits per heavy atom. The fourth-order valence-corrected chi connectivity index (χ4v) is 3.32. The summed E-state index contributed by atoms with van der Waals surface area (Å²) in [4.78, 5) is -0.391. The van der Waals surface area contributed by atoms with E-state index in [0.29, 0.717) is 0 Å². The van der Waals surface area contributed by atoms with Gasteiger partial charge in [-0.15, -0.1) is 0 Å². The maximum Gasteiger partial charge on any atom is 0.433 e. The minimum Gasteiger partial charge on any atom is -0.272 e. The van der Waals surface area contributed by atoms with Crippen LogP contribution < -0.4 is 5.14 Å². The van der Waals surface area contributed by atoms with Gasteiger partial charge < -0.3 is 0 Å². The third-order valence-corrected chi connectivity index (χ3v) is 4.58. The van der Waals surface area contributed by atoms with Gasteiger partial charge in [0.25, 0.3) is 0 Å². The average Bonchev–Trinajstić information content (AvgIpc) is 2.99. The van der Waals surface area contributed by atoms with Crippen LogP contribution in [0.4, 0.5) is 17.6 Å². The summed E-state index contributed by atoms with van der Waals surface area (Å²) in [5, 5.41) is 10.7. The zero-order valence-corrected chi connectivity index (χ0v) is 13.7. The summed E-state index contributed by atoms with van der Waals surface area (Å²) in [6.07, 6.45) is -4.82. The van der Waals surface area contributed by atoms with Crippen LogP contribution >= 0.6 is 0 Å². The molecule has 0 aliphatic heterocycles. The predicted octanol–water partition coefficient (Wildman–Crippen LogP) is 3.55. The average molecular weight is 385 g/mol. The standard InChI is InChI=1S/C16H11F4N3O2S/c17-10-5-3-4-9(8-10)13-14(22-23-15(13)16(18,19)20)11-6-1-2-7-12(11)26(21,24)25/h1-8H,(H,22,23)(H2,21,24,25). The Kier molecular flexibility index (Phi) is 4.32. The number of benzene rings is 2. The van der Waals surface area contributed by atoms with Crippen molar-refractivity contribution in [2.75, 3.05) is 0 Å². The molecule has 0 bridgehead atoms. The molecule has 0 aliphatic carbocycles. The van der Waals surface area contributed by atoms with Gasteiger partial charge >= 0.3 is 6.18 Å². The molecule has 3 rings (SSSR count). The van der Waals surface area contributed by atoms with E-state index in [-0.39, 0.29) is 16.8 Å². The molecule has 0 fully saturated rings. The molecule has 0 unspecified atom stereocenters. The largest absolute Gasteiger partial charge is 0.433 e. The Balaban J connectivity index is 2.37. The number of nitrogens with zero attached hydrogens (tertiary/aromatic N) is 1. The summed E-state index contributed by atoms with van der Waals surface area (Å²) >= 11 is 0. The monoisotopic (exact) mass is 385 g/mol. The topological polar surface area (TPSA) is 88.8 Å². The summed E-state index contributed by atoms with van der Waals surface area (Å²) in [5.74, 6) is -0.748. The summed E-state index contributed by atoms with van der Waals surface area (Å²) in [6.45, 7) is 0. The van der Waals surface area contributed by atoms with Crippen molar-refractivity contribution < 1.29 is 26.0 Å². The van der Waals surface area contributed by atoms with E-state index in [1.165, 1.54) is 30.3 Å². The molecule has 136 valence electrons. The van der Waals surface area contributed by atoms with Crippen molar-refractivity contribution in [3.63, 3.8) is 0 Å². The van der Waals surface area contributed by atoms with Crippen LogP contribution in [0.2, 0.25) is 0 Å². The highest BCUT2D eigenvalue weighted by Crippen LogP contribution is 2.42. The molecule has 10 heteroatoms. The SMILES string of the molecule is NS(=O)(=O)c1ccccc1-c1n[nH]c(C(F)(F)F)c1-c1cccc(F)c1. The van der Waals surface area contributed by atoms with Gasteiger partial charge in [-0.3, -0.25) is 5.10 Å². The molecular formula is C16H11F4N3O2S. The Labute approximate surface area is 145 Å². The van der Waals surface area contributed by atoms with Gasteiger partial charge in [0.05, 0.1) is 4.90 Å². The van der Waals surface area contributed by atoms with Gasteiger partial charge in [-0.2, -0.15) is 18.3 Å². The van der Waals surface area contributed by atoms with Gasteiger partial charge in [-0.1, -0.05) is 30.3 Å². The first kappa shape index (κ1) is 18.1. The number of primary sulfonamides is 1. The van der Waals surface area contributed by atoms with Crippen LogP contribution in [0.25, 0.3) is 22.4 Å². The molecule has 0 spiro atoms. The number of hydrogen-bond donors (Lipinski definition) is 2. The lowest BCUT2D eigenvalue weighted by Gasteiger charge is -2.11. The molecule has 5 nitrogen and oxygen atoms in total. The highest BCUT2D eigenvalue weighted by Gasteiger charge is 2.38. The second-order valence-corrected chi connectivity index (χ2v) is 6.90. The molecule has 3 N–H and O–H groups in total. The maximum atomic E-state index is 13.6. The fourth-order valence-electron chi connectivity index (χ4n) is 2.58. The lowest BCUT2D eigenvalue weighted by atomic mass is 9.98. The number of nitrogens with two attached hydrogens (primary N) is 1. The Morgan fingerprint density at radius 3 is 2.35 bits per heavy atom. The van der Waals surface area contributed by atoms with E-state index in [9.17, 15) is 26.0 Å². The van der Waals surface area contributed by atoms with Gasteiger partial charge in [0.2, 0.25) is 10.0 Å². The van der Waals surface area contributed by atoms with Crippen molar-refractivity contribution in [3.8, 4) is 22.4 Å². The van der Waals surface area contributed by atoms with Crippen LogP contribution in [0.1, 0.15) is 5.69 Å². The van der Waals surface area contributed by atoms with E-state index in [2.05, 4.69) is 5.10 Å². The summed E-state index contributed by atoms with van der Waals surface area (Å²) < 4.78 is 77.3. The van der Waals surface area contributed by atoms with Crippen LogP contribution in [0.5, 0.6) is 0 Å². The van der Waals surface area contributed by atoms with Crippen molar-refractivity contribution in [1.82, 2.24) is 10.2 Å². The molecule has 2 aromatic carbocycles.